The van der Waals surface area contributed by atoms with E-state index in [1.165, 1.54) is 0 Å². The van der Waals surface area contributed by atoms with Crippen molar-refractivity contribution in [1.82, 2.24) is 0 Å². The summed E-state index contributed by atoms with van der Waals surface area (Å²) in [5.74, 6) is -1.09. The van der Waals surface area contributed by atoms with Crippen molar-refractivity contribution in [2.24, 2.45) is 0 Å². The number of alkyl halides is 6. The molecule has 0 fully saturated rings. The molecule has 0 aromatic rings. The number of rotatable bonds is 0. The summed E-state index contributed by atoms with van der Waals surface area (Å²) >= 11 is 30.6. The van der Waals surface area contributed by atoms with Gasteiger partial charge in [0, 0.05) is 29.6 Å². The van der Waals surface area contributed by atoms with Crippen LogP contribution in [-0.2, 0) is 4.79 Å². The third-order valence-electron chi connectivity index (χ3n) is 0.515. The molecule has 8 heteroatoms. The van der Waals surface area contributed by atoms with E-state index in [1.807, 2.05) is 0 Å². The molecular formula is C3Cl6NaO. The number of hydrogen-bond donors (Lipinski definition) is 0. The first-order valence-corrected chi connectivity index (χ1v) is 4.11. The van der Waals surface area contributed by atoms with Gasteiger partial charge < -0.3 is 0 Å². The monoisotopic (exact) mass is 285 g/mol. The second-order valence-electron chi connectivity index (χ2n) is 1.32. The van der Waals surface area contributed by atoms with Crippen molar-refractivity contribution in [3.05, 3.63) is 0 Å². The van der Waals surface area contributed by atoms with Gasteiger partial charge in [0.1, 0.15) is 0 Å². The van der Waals surface area contributed by atoms with Crippen molar-refractivity contribution >= 4 is 105 Å². The van der Waals surface area contributed by atoms with Crippen LogP contribution in [0.25, 0.3) is 0 Å². The predicted octanol–water partition coefficient (Wildman–Crippen LogP) is 2.92. The van der Waals surface area contributed by atoms with Gasteiger partial charge in [-0.05, 0) is 0 Å². The first-order chi connectivity index (χ1) is 4.15. The van der Waals surface area contributed by atoms with Crippen LogP contribution >= 0.6 is 69.6 Å². The van der Waals surface area contributed by atoms with Crippen LogP contribution in [0.15, 0.2) is 0 Å². The first-order valence-electron chi connectivity index (χ1n) is 1.84. The Morgan fingerprint density at radius 3 is 1.00 bits per heavy atom. The molecule has 0 saturated heterocycles. The standard InChI is InChI=1S/C3Cl6O.Na/c4-2(5,6)1(10)3(7,8)9;. The van der Waals surface area contributed by atoms with E-state index in [0.717, 1.165) is 0 Å². The average molecular weight is 288 g/mol. The molecule has 0 aliphatic carbocycles. The second-order valence-corrected chi connectivity index (χ2v) is 5.89. The Bertz CT molecular complexity index is 129. The maximum atomic E-state index is 10.7. The van der Waals surface area contributed by atoms with Gasteiger partial charge in [-0.25, -0.2) is 0 Å². The smallest absolute Gasteiger partial charge is 0.253 e. The van der Waals surface area contributed by atoms with Crippen LogP contribution in [0.5, 0.6) is 0 Å². The Balaban J connectivity index is 0. The maximum absolute atomic E-state index is 10.7. The summed E-state index contributed by atoms with van der Waals surface area (Å²) < 4.78 is -4.35. The predicted molar refractivity (Wildman–Crippen MR) is 51.3 cm³/mol. The molecule has 0 aromatic heterocycles. The van der Waals surface area contributed by atoms with Crippen LogP contribution in [0.2, 0.25) is 0 Å². The summed E-state index contributed by atoms with van der Waals surface area (Å²) in [4.78, 5) is 10.7. The SMILES string of the molecule is O=C(C(Cl)(Cl)Cl)C(Cl)(Cl)Cl.[Na]. The molecule has 0 unspecified atom stereocenters. The molecule has 61 valence electrons. The van der Waals surface area contributed by atoms with Crippen molar-refractivity contribution in [2.45, 2.75) is 7.59 Å². The number of carbonyl (C=O) groups is 1. The molecule has 1 nitrogen and oxygen atoms in total. The quantitative estimate of drug-likeness (QED) is 0.494. The average Bonchev–Trinajstić information content (AvgIpc) is 1.59. The van der Waals surface area contributed by atoms with Gasteiger partial charge in [-0.3, -0.25) is 4.79 Å². The third kappa shape index (κ3) is 6.48. The number of halogens is 6. The molecule has 11 heavy (non-hydrogen) atoms. The number of carbonyl (C=O) groups excluding carboxylic acids is 1. The van der Waals surface area contributed by atoms with Gasteiger partial charge in [-0.2, -0.15) is 0 Å². The van der Waals surface area contributed by atoms with Crippen LogP contribution in [0, 0.1) is 0 Å². The van der Waals surface area contributed by atoms with Crippen molar-refractivity contribution in [2.75, 3.05) is 0 Å². The van der Waals surface area contributed by atoms with E-state index in [0.29, 0.717) is 0 Å². The fraction of sp³-hybridized carbons (Fsp3) is 0.667. The Labute approximate surface area is 116 Å². The molecule has 0 bridgehead atoms. The zero-order valence-electron chi connectivity index (χ0n) is 5.18. The van der Waals surface area contributed by atoms with Gasteiger partial charge in [-0.1, -0.05) is 69.6 Å². The summed E-state index contributed by atoms with van der Waals surface area (Å²) in [6.07, 6.45) is 0. The van der Waals surface area contributed by atoms with E-state index in [-0.39, 0.29) is 29.6 Å². The minimum absolute atomic E-state index is 0. The number of ketones is 1. The molecular weight excluding hydrogens is 288 g/mol. The first kappa shape index (κ1) is 15.9. The molecule has 0 atom stereocenters. The van der Waals surface area contributed by atoms with E-state index in [9.17, 15) is 4.79 Å². The Morgan fingerprint density at radius 1 is 0.818 bits per heavy atom. The molecule has 0 heterocycles. The zero-order chi connectivity index (χ0) is 8.58. The summed E-state index contributed by atoms with van der Waals surface area (Å²) in [6, 6.07) is 0. The normalized spacial score (nSPS) is 12.2. The van der Waals surface area contributed by atoms with Gasteiger partial charge in [0.25, 0.3) is 7.59 Å². The van der Waals surface area contributed by atoms with Crippen LogP contribution in [0.1, 0.15) is 0 Å². The molecule has 0 rings (SSSR count). The van der Waals surface area contributed by atoms with E-state index in [4.69, 9.17) is 69.6 Å². The third-order valence-corrected chi connectivity index (χ3v) is 1.54. The van der Waals surface area contributed by atoms with Crippen molar-refractivity contribution < 1.29 is 4.79 Å². The largest absolute Gasteiger partial charge is 0.290 e. The summed E-state index contributed by atoms with van der Waals surface area (Å²) in [5.41, 5.74) is 0. The van der Waals surface area contributed by atoms with Crippen molar-refractivity contribution in [3.8, 4) is 0 Å². The van der Waals surface area contributed by atoms with Gasteiger partial charge in [0.2, 0.25) is 5.78 Å². The topological polar surface area (TPSA) is 17.1 Å². The van der Waals surface area contributed by atoms with Crippen molar-refractivity contribution in [1.29, 1.82) is 0 Å². The maximum Gasteiger partial charge on any atom is 0.253 e. The molecule has 0 N–H and O–H groups in total. The van der Waals surface area contributed by atoms with Gasteiger partial charge >= 0.3 is 0 Å². The molecule has 0 amide bonds. The Kier molecular flexibility index (Phi) is 7.69. The van der Waals surface area contributed by atoms with E-state index in [1.54, 1.807) is 0 Å². The molecule has 1 radical (unpaired) electrons. The van der Waals surface area contributed by atoms with E-state index < -0.39 is 13.4 Å². The Hall–Kier alpha value is 2.41. The van der Waals surface area contributed by atoms with Crippen LogP contribution in [0.4, 0.5) is 0 Å². The second kappa shape index (κ2) is 5.33. The molecule has 0 spiro atoms. The van der Waals surface area contributed by atoms with Crippen LogP contribution < -0.4 is 0 Å². The molecule has 0 aliphatic rings. The summed E-state index contributed by atoms with van der Waals surface area (Å²) in [6.45, 7) is 0. The van der Waals surface area contributed by atoms with E-state index in [2.05, 4.69) is 0 Å². The van der Waals surface area contributed by atoms with Gasteiger partial charge in [0.15, 0.2) is 0 Å². The van der Waals surface area contributed by atoms with Gasteiger partial charge in [-0.15, -0.1) is 0 Å². The zero-order valence-corrected chi connectivity index (χ0v) is 11.7. The Morgan fingerprint density at radius 2 is 1.00 bits per heavy atom. The summed E-state index contributed by atoms with van der Waals surface area (Å²) in [7, 11) is 0. The number of hydrogen-bond acceptors (Lipinski definition) is 1. The fourth-order valence-electron chi connectivity index (χ4n) is 0.161. The van der Waals surface area contributed by atoms with E-state index >= 15 is 0 Å². The molecule has 0 aliphatic heterocycles. The fourth-order valence-corrected chi connectivity index (χ4v) is 1.45. The van der Waals surface area contributed by atoms with Crippen LogP contribution in [-0.4, -0.2) is 42.9 Å². The minimum atomic E-state index is -2.18. The van der Waals surface area contributed by atoms with Gasteiger partial charge in [0.05, 0.1) is 0 Å². The molecule has 0 saturated carbocycles. The number of Topliss-reactive ketones (excluding diaryl/α,β-unsaturated/α-hetero) is 1. The summed E-state index contributed by atoms with van der Waals surface area (Å²) in [5, 5.41) is 0. The van der Waals surface area contributed by atoms with Crippen LogP contribution in [0.3, 0.4) is 0 Å². The van der Waals surface area contributed by atoms with Crippen molar-refractivity contribution in [3.63, 3.8) is 0 Å². The minimum Gasteiger partial charge on any atom is -0.290 e. The molecule has 0 aromatic carbocycles.